The number of nitrogens with one attached hydrogen (secondary N) is 1. The standard InChI is InChI=1S/C16H18N4O2/c17-11-12-5-8-19(9-6-12)15(21)13-1-3-14(4-2-13)20-10-7-18-16(20)22/h1-4,12H,5-10H2,(H,18,22). The number of carbonyl (C=O) groups excluding carboxylic acids is 2. The molecule has 22 heavy (non-hydrogen) atoms. The predicted molar refractivity (Wildman–Crippen MR) is 81.4 cm³/mol. The highest BCUT2D eigenvalue weighted by molar-refractivity contribution is 5.97. The Kier molecular flexibility index (Phi) is 3.96. The molecule has 0 aliphatic carbocycles. The van der Waals surface area contributed by atoms with E-state index >= 15 is 0 Å². The molecule has 6 nitrogen and oxygen atoms in total. The van der Waals surface area contributed by atoms with Crippen molar-refractivity contribution in [2.45, 2.75) is 12.8 Å². The smallest absolute Gasteiger partial charge is 0.321 e. The topological polar surface area (TPSA) is 76.4 Å². The molecule has 114 valence electrons. The van der Waals surface area contributed by atoms with E-state index in [2.05, 4.69) is 11.4 Å². The van der Waals surface area contributed by atoms with Gasteiger partial charge in [0.05, 0.1) is 6.07 Å². The maximum atomic E-state index is 12.4. The number of likely N-dealkylation sites (tertiary alicyclic amines) is 1. The van der Waals surface area contributed by atoms with Crippen molar-refractivity contribution in [2.24, 2.45) is 5.92 Å². The van der Waals surface area contributed by atoms with E-state index in [0.29, 0.717) is 31.7 Å². The third kappa shape index (κ3) is 2.75. The van der Waals surface area contributed by atoms with Crippen LogP contribution in [0.25, 0.3) is 0 Å². The van der Waals surface area contributed by atoms with Crippen LogP contribution in [0, 0.1) is 17.2 Å². The number of hydrogen-bond acceptors (Lipinski definition) is 3. The Labute approximate surface area is 129 Å². The number of urea groups is 1. The molecular weight excluding hydrogens is 280 g/mol. The van der Waals surface area contributed by atoms with Gasteiger partial charge in [-0.3, -0.25) is 9.69 Å². The van der Waals surface area contributed by atoms with Crippen molar-refractivity contribution in [2.75, 3.05) is 31.1 Å². The molecule has 3 rings (SSSR count). The first kappa shape index (κ1) is 14.4. The summed E-state index contributed by atoms with van der Waals surface area (Å²) < 4.78 is 0. The highest BCUT2D eigenvalue weighted by Gasteiger charge is 2.24. The van der Waals surface area contributed by atoms with E-state index < -0.39 is 0 Å². The molecule has 2 fully saturated rings. The molecule has 0 unspecified atom stereocenters. The molecule has 1 N–H and O–H groups in total. The molecule has 0 atom stereocenters. The summed E-state index contributed by atoms with van der Waals surface area (Å²) in [7, 11) is 0. The number of hydrogen-bond donors (Lipinski definition) is 1. The monoisotopic (exact) mass is 298 g/mol. The number of carbonyl (C=O) groups is 2. The summed E-state index contributed by atoms with van der Waals surface area (Å²) in [4.78, 5) is 27.5. The van der Waals surface area contributed by atoms with Gasteiger partial charge in [-0.25, -0.2) is 4.79 Å². The first-order valence-electron chi connectivity index (χ1n) is 7.53. The Morgan fingerprint density at radius 3 is 2.41 bits per heavy atom. The van der Waals surface area contributed by atoms with E-state index in [1.165, 1.54) is 0 Å². The van der Waals surface area contributed by atoms with Crippen LogP contribution in [0.1, 0.15) is 23.2 Å². The summed E-state index contributed by atoms with van der Waals surface area (Å²) in [5.74, 6) is 0.0638. The third-order valence-corrected chi connectivity index (χ3v) is 4.25. The first-order valence-corrected chi connectivity index (χ1v) is 7.53. The Hall–Kier alpha value is -2.55. The lowest BCUT2D eigenvalue weighted by molar-refractivity contribution is 0.0707. The largest absolute Gasteiger partial charge is 0.339 e. The number of benzene rings is 1. The van der Waals surface area contributed by atoms with Gasteiger partial charge in [0.15, 0.2) is 0 Å². The number of nitrogens with zero attached hydrogens (tertiary/aromatic N) is 3. The first-order chi connectivity index (χ1) is 10.7. The molecule has 0 saturated carbocycles. The van der Waals surface area contributed by atoms with Crippen molar-refractivity contribution in [3.63, 3.8) is 0 Å². The molecule has 1 aromatic carbocycles. The van der Waals surface area contributed by atoms with Gasteiger partial charge in [-0.1, -0.05) is 0 Å². The molecule has 0 radical (unpaired) electrons. The molecule has 0 bridgehead atoms. The lowest BCUT2D eigenvalue weighted by Crippen LogP contribution is -2.38. The zero-order valence-corrected chi connectivity index (χ0v) is 12.3. The van der Waals surface area contributed by atoms with Crippen molar-refractivity contribution >= 4 is 17.6 Å². The van der Waals surface area contributed by atoms with Gasteiger partial charge in [0.2, 0.25) is 0 Å². The molecule has 0 aromatic heterocycles. The minimum absolute atomic E-state index is 0.00573. The van der Waals surface area contributed by atoms with Gasteiger partial charge in [0.25, 0.3) is 5.91 Å². The zero-order valence-electron chi connectivity index (χ0n) is 12.3. The summed E-state index contributed by atoms with van der Waals surface area (Å²) in [6, 6.07) is 9.30. The average Bonchev–Trinajstić information content (AvgIpc) is 3.00. The molecule has 2 saturated heterocycles. The molecule has 2 aliphatic heterocycles. The maximum absolute atomic E-state index is 12.4. The summed E-state index contributed by atoms with van der Waals surface area (Å²) in [6.07, 6.45) is 1.49. The van der Waals surface area contributed by atoms with Crippen molar-refractivity contribution in [1.29, 1.82) is 5.26 Å². The van der Waals surface area contributed by atoms with E-state index in [4.69, 9.17) is 5.26 Å². The molecule has 2 aliphatic rings. The summed E-state index contributed by atoms with van der Waals surface area (Å²) in [5, 5.41) is 11.7. The van der Waals surface area contributed by atoms with Crippen molar-refractivity contribution in [1.82, 2.24) is 10.2 Å². The minimum Gasteiger partial charge on any atom is -0.339 e. The third-order valence-electron chi connectivity index (χ3n) is 4.25. The van der Waals surface area contributed by atoms with E-state index in [1.807, 2.05) is 0 Å². The van der Waals surface area contributed by atoms with Gasteiger partial charge < -0.3 is 10.2 Å². The predicted octanol–water partition coefficient (Wildman–Crippen LogP) is 1.59. The number of nitriles is 1. The SMILES string of the molecule is N#CC1CCN(C(=O)c2ccc(N3CCNC3=O)cc2)CC1. The highest BCUT2D eigenvalue weighted by Crippen LogP contribution is 2.21. The molecule has 1 aromatic rings. The Morgan fingerprint density at radius 1 is 1.18 bits per heavy atom. The van der Waals surface area contributed by atoms with Crippen LogP contribution in [0.15, 0.2) is 24.3 Å². The summed E-state index contributed by atoms with van der Waals surface area (Å²) >= 11 is 0. The lowest BCUT2D eigenvalue weighted by Gasteiger charge is -2.29. The Balaban J connectivity index is 1.66. The van der Waals surface area contributed by atoms with Crippen LogP contribution in [-0.4, -0.2) is 43.0 Å². The minimum atomic E-state index is -0.0994. The van der Waals surface area contributed by atoms with Gasteiger partial charge in [-0.15, -0.1) is 0 Å². The van der Waals surface area contributed by atoms with Crippen LogP contribution >= 0.6 is 0 Å². The van der Waals surface area contributed by atoms with E-state index in [-0.39, 0.29) is 17.9 Å². The van der Waals surface area contributed by atoms with Crippen LogP contribution in [0.4, 0.5) is 10.5 Å². The number of amides is 3. The van der Waals surface area contributed by atoms with Crippen molar-refractivity contribution in [3.8, 4) is 6.07 Å². The van der Waals surface area contributed by atoms with Gasteiger partial charge >= 0.3 is 6.03 Å². The molecule has 0 spiro atoms. The van der Waals surface area contributed by atoms with Crippen LogP contribution in [-0.2, 0) is 0 Å². The molecule has 3 amide bonds. The van der Waals surface area contributed by atoms with Gasteiger partial charge in [-0.2, -0.15) is 5.26 Å². The maximum Gasteiger partial charge on any atom is 0.321 e. The Bertz CT molecular complexity index is 612. The van der Waals surface area contributed by atoms with Crippen LogP contribution in [0.2, 0.25) is 0 Å². The van der Waals surface area contributed by atoms with Gasteiger partial charge in [0, 0.05) is 43.3 Å². The van der Waals surface area contributed by atoms with E-state index in [1.54, 1.807) is 34.1 Å². The second-order valence-corrected chi connectivity index (χ2v) is 5.63. The zero-order chi connectivity index (χ0) is 15.5. The van der Waals surface area contributed by atoms with Crippen LogP contribution < -0.4 is 10.2 Å². The fourth-order valence-corrected chi connectivity index (χ4v) is 2.90. The quantitative estimate of drug-likeness (QED) is 0.901. The van der Waals surface area contributed by atoms with Crippen molar-refractivity contribution < 1.29 is 9.59 Å². The molecule has 6 heteroatoms. The lowest BCUT2D eigenvalue weighted by atomic mass is 9.98. The van der Waals surface area contributed by atoms with Crippen LogP contribution in [0.5, 0.6) is 0 Å². The molecule has 2 heterocycles. The van der Waals surface area contributed by atoms with Gasteiger partial charge in [0.1, 0.15) is 0 Å². The highest BCUT2D eigenvalue weighted by atomic mass is 16.2. The Morgan fingerprint density at radius 2 is 1.86 bits per heavy atom. The number of rotatable bonds is 2. The number of piperidine rings is 1. The molecular formula is C16H18N4O2. The average molecular weight is 298 g/mol. The summed E-state index contributed by atoms with van der Waals surface area (Å²) in [5.41, 5.74) is 1.42. The van der Waals surface area contributed by atoms with Gasteiger partial charge in [-0.05, 0) is 37.1 Å². The summed E-state index contributed by atoms with van der Waals surface area (Å²) in [6.45, 7) is 2.56. The fourth-order valence-electron chi connectivity index (χ4n) is 2.90. The number of anilines is 1. The fraction of sp³-hybridized carbons (Fsp3) is 0.438. The van der Waals surface area contributed by atoms with E-state index in [0.717, 1.165) is 18.5 Å². The normalized spacial score (nSPS) is 19.0. The van der Waals surface area contributed by atoms with E-state index in [9.17, 15) is 9.59 Å². The van der Waals surface area contributed by atoms with Crippen LogP contribution in [0.3, 0.4) is 0 Å². The second kappa shape index (κ2) is 6.06. The second-order valence-electron chi connectivity index (χ2n) is 5.63. The van der Waals surface area contributed by atoms with Crippen molar-refractivity contribution in [3.05, 3.63) is 29.8 Å².